The van der Waals surface area contributed by atoms with Crippen LogP contribution in [0.15, 0.2) is 41.0 Å². The highest BCUT2D eigenvalue weighted by Gasteiger charge is 2.35. The number of nitro benzene ring substituents is 1. The molecule has 1 saturated heterocycles. The highest BCUT2D eigenvalue weighted by molar-refractivity contribution is 5.95. The van der Waals surface area contributed by atoms with Crippen LogP contribution in [0.4, 0.5) is 5.69 Å². The molecule has 0 aliphatic carbocycles. The number of nitrogens with zero attached hydrogens (tertiary/aromatic N) is 2. The molecule has 1 amide bonds. The molecule has 2 aromatic rings. The minimum absolute atomic E-state index is 0.0444. The lowest BCUT2D eigenvalue weighted by molar-refractivity contribution is -0.385. The van der Waals surface area contributed by atoms with Gasteiger partial charge in [-0.3, -0.25) is 14.9 Å². The Labute approximate surface area is 149 Å². The fraction of sp³-hybridized carbons (Fsp3) is 0.333. The molecular formula is C18H18N2O6. The molecule has 26 heavy (non-hydrogen) atoms. The predicted octanol–water partition coefficient (Wildman–Crippen LogP) is 3.10. The fourth-order valence-corrected chi connectivity index (χ4v) is 3.04. The summed E-state index contributed by atoms with van der Waals surface area (Å²) < 4.78 is 10.5. The summed E-state index contributed by atoms with van der Waals surface area (Å²) in [5, 5.41) is 10.9. The number of carbonyl (C=O) groups is 2. The molecule has 8 heteroatoms. The smallest absolute Gasteiger partial charge is 0.334 e. The number of hydrogen-bond donors (Lipinski definition) is 0. The maximum atomic E-state index is 12.6. The van der Waals surface area contributed by atoms with E-state index in [1.54, 1.807) is 19.1 Å². The Morgan fingerprint density at radius 3 is 2.77 bits per heavy atom. The third-order valence-electron chi connectivity index (χ3n) is 4.35. The highest BCUT2D eigenvalue weighted by atomic mass is 16.6. The van der Waals surface area contributed by atoms with Crippen LogP contribution in [0.1, 0.15) is 35.4 Å². The number of amides is 1. The third-order valence-corrected chi connectivity index (χ3v) is 4.35. The lowest BCUT2D eigenvalue weighted by Gasteiger charge is -2.33. The largest absolute Gasteiger partial charge is 0.459 e. The molecule has 1 aliphatic rings. The van der Waals surface area contributed by atoms with Gasteiger partial charge in [-0.05, 0) is 50.5 Å². The van der Waals surface area contributed by atoms with E-state index in [9.17, 15) is 19.7 Å². The van der Waals surface area contributed by atoms with E-state index in [0.29, 0.717) is 18.5 Å². The second-order valence-electron chi connectivity index (χ2n) is 6.11. The van der Waals surface area contributed by atoms with Crippen molar-refractivity contribution in [3.63, 3.8) is 0 Å². The van der Waals surface area contributed by atoms with Crippen molar-refractivity contribution < 1.29 is 23.7 Å². The fourth-order valence-electron chi connectivity index (χ4n) is 3.04. The minimum atomic E-state index is -0.711. The van der Waals surface area contributed by atoms with Crippen molar-refractivity contribution >= 4 is 17.6 Å². The first-order valence-corrected chi connectivity index (χ1v) is 8.28. The number of hydrogen-bond acceptors (Lipinski definition) is 6. The van der Waals surface area contributed by atoms with Gasteiger partial charge in [0.2, 0.25) is 0 Å². The molecule has 1 aromatic heterocycles. The number of furan rings is 1. The molecule has 0 bridgehead atoms. The lowest BCUT2D eigenvalue weighted by Crippen LogP contribution is -2.49. The van der Waals surface area contributed by atoms with E-state index in [0.717, 1.165) is 12.8 Å². The molecular weight excluding hydrogens is 340 g/mol. The van der Waals surface area contributed by atoms with Crippen molar-refractivity contribution in [2.45, 2.75) is 32.2 Å². The molecule has 136 valence electrons. The molecule has 8 nitrogen and oxygen atoms in total. The SMILES string of the molecule is Cc1cc(OC(=O)C2CCCCN2C(=O)c2ccco2)ccc1[N+](=O)[O-]. The predicted molar refractivity (Wildman–Crippen MR) is 90.9 cm³/mol. The zero-order valence-corrected chi connectivity index (χ0v) is 14.2. The van der Waals surface area contributed by atoms with Crippen LogP contribution < -0.4 is 4.74 Å². The second-order valence-corrected chi connectivity index (χ2v) is 6.11. The van der Waals surface area contributed by atoms with Gasteiger partial charge in [-0.2, -0.15) is 0 Å². The molecule has 0 N–H and O–H groups in total. The van der Waals surface area contributed by atoms with Gasteiger partial charge < -0.3 is 14.1 Å². The first kappa shape index (κ1) is 17.7. The number of carbonyl (C=O) groups excluding carboxylic acids is 2. The average Bonchev–Trinajstić information content (AvgIpc) is 3.15. The Morgan fingerprint density at radius 2 is 2.12 bits per heavy atom. The van der Waals surface area contributed by atoms with Gasteiger partial charge in [0.1, 0.15) is 11.8 Å². The number of aryl methyl sites for hydroxylation is 1. The summed E-state index contributed by atoms with van der Waals surface area (Å²) in [5.74, 6) is -0.514. The quantitative estimate of drug-likeness (QED) is 0.360. The number of nitro groups is 1. The van der Waals surface area contributed by atoms with Crippen molar-refractivity contribution in [1.82, 2.24) is 4.90 Å². The van der Waals surface area contributed by atoms with Crippen LogP contribution in [0.5, 0.6) is 5.75 Å². The van der Waals surface area contributed by atoms with E-state index in [-0.39, 0.29) is 23.1 Å². The van der Waals surface area contributed by atoms with Crippen LogP contribution >= 0.6 is 0 Å². The first-order valence-electron chi connectivity index (χ1n) is 8.28. The van der Waals surface area contributed by atoms with Crippen LogP contribution in [-0.2, 0) is 4.79 Å². The normalized spacial score (nSPS) is 17.0. The van der Waals surface area contributed by atoms with Gasteiger partial charge in [-0.1, -0.05) is 0 Å². The minimum Gasteiger partial charge on any atom is -0.459 e. The van der Waals surface area contributed by atoms with Crippen molar-refractivity contribution in [2.24, 2.45) is 0 Å². The molecule has 1 unspecified atom stereocenters. The van der Waals surface area contributed by atoms with Gasteiger partial charge in [0.25, 0.3) is 11.6 Å². The van der Waals surface area contributed by atoms with E-state index in [4.69, 9.17) is 9.15 Å². The maximum absolute atomic E-state index is 12.6. The molecule has 0 saturated carbocycles. The topological polar surface area (TPSA) is 103 Å². The molecule has 1 fully saturated rings. The molecule has 3 rings (SSSR count). The van der Waals surface area contributed by atoms with Crippen molar-refractivity contribution in [3.8, 4) is 5.75 Å². The van der Waals surface area contributed by atoms with Gasteiger partial charge >= 0.3 is 5.97 Å². The summed E-state index contributed by atoms with van der Waals surface area (Å²) in [6.07, 6.45) is 3.51. The standard InChI is InChI=1S/C18H18N2O6/c1-12-11-13(7-8-14(12)20(23)24)26-18(22)15-5-2-3-9-19(15)17(21)16-6-4-10-25-16/h4,6-8,10-11,15H,2-3,5,9H2,1H3. The lowest BCUT2D eigenvalue weighted by atomic mass is 10.0. The molecule has 1 atom stereocenters. The Bertz CT molecular complexity index is 830. The number of likely N-dealkylation sites (tertiary alicyclic amines) is 1. The zero-order chi connectivity index (χ0) is 18.7. The van der Waals surface area contributed by atoms with Crippen LogP contribution in [0.25, 0.3) is 0 Å². The Balaban J connectivity index is 1.76. The summed E-state index contributed by atoms with van der Waals surface area (Å²) in [7, 11) is 0. The summed E-state index contributed by atoms with van der Waals surface area (Å²) >= 11 is 0. The van der Waals surface area contributed by atoms with E-state index >= 15 is 0 Å². The van der Waals surface area contributed by atoms with Gasteiger partial charge in [0.05, 0.1) is 11.2 Å². The summed E-state index contributed by atoms with van der Waals surface area (Å²) in [4.78, 5) is 37.0. The number of piperidine rings is 1. The Kier molecular flexibility index (Phi) is 5.01. The summed E-state index contributed by atoms with van der Waals surface area (Å²) in [6.45, 7) is 2.02. The molecule has 1 aliphatic heterocycles. The third kappa shape index (κ3) is 3.58. The highest BCUT2D eigenvalue weighted by Crippen LogP contribution is 2.25. The monoisotopic (exact) mass is 358 g/mol. The van der Waals surface area contributed by atoms with Crippen molar-refractivity contribution in [2.75, 3.05) is 6.54 Å². The number of benzene rings is 1. The van der Waals surface area contributed by atoms with E-state index in [2.05, 4.69) is 0 Å². The summed E-state index contributed by atoms with van der Waals surface area (Å²) in [5.41, 5.74) is 0.351. The number of esters is 1. The van der Waals surface area contributed by atoms with Gasteiger partial charge in [-0.25, -0.2) is 4.79 Å². The van der Waals surface area contributed by atoms with E-state index < -0.39 is 16.9 Å². The summed E-state index contributed by atoms with van der Waals surface area (Å²) in [6, 6.07) is 6.58. The van der Waals surface area contributed by atoms with Gasteiger partial charge in [-0.15, -0.1) is 0 Å². The molecule has 0 spiro atoms. The number of ether oxygens (including phenoxy) is 1. The van der Waals surface area contributed by atoms with Crippen LogP contribution in [0.2, 0.25) is 0 Å². The first-order chi connectivity index (χ1) is 12.5. The van der Waals surface area contributed by atoms with Crippen LogP contribution in [-0.4, -0.2) is 34.3 Å². The second kappa shape index (κ2) is 7.38. The van der Waals surface area contributed by atoms with Crippen molar-refractivity contribution in [3.05, 3.63) is 58.0 Å². The van der Waals surface area contributed by atoms with Gasteiger partial charge in [0, 0.05) is 18.2 Å². The van der Waals surface area contributed by atoms with Crippen LogP contribution in [0.3, 0.4) is 0 Å². The molecule has 1 aromatic carbocycles. The van der Waals surface area contributed by atoms with Crippen LogP contribution in [0, 0.1) is 17.0 Å². The van der Waals surface area contributed by atoms with Gasteiger partial charge in [0.15, 0.2) is 5.76 Å². The zero-order valence-electron chi connectivity index (χ0n) is 14.2. The molecule has 0 radical (unpaired) electrons. The number of rotatable bonds is 4. The van der Waals surface area contributed by atoms with E-state index in [1.165, 1.54) is 29.4 Å². The van der Waals surface area contributed by atoms with E-state index in [1.807, 2.05) is 0 Å². The maximum Gasteiger partial charge on any atom is 0.334 e. The molecule has 2 heterocycles. The Hall–Kier alpha value is -3.16. The van der Waals surface area contributed by atoms with Crippen molar-refractivity contribution in [1.29, 1.82) is 0 Å². The Morgan fingerprint density at radius 1 is 1.31 bits per heavy atom. The average molecular weight is 358 g/mol.